The van der Waals surface area contributed by atoms with Crippen LogP contribution in [-0.2, 0) is 6.54 Å². The van der Waals surface area contributed by atoms with Crippen LogP contribution in [0.3, 0.4) is 0 Å². The second-order valence-electron chi connectivity index (χ2n) is 4.08. The summed E-state index contributed by atoms with van der Waals surface area (Å²) < 4.78 is 5.10. The highest BCUT2D eigenvalue weighted by molar-refractivity contribution is 9.09. The van der Waals surface area contributed by atoms with E-state index in [0.29, 0.717) is 6.54 Å². The summed E-state index contributed by atoms with van der Waals surface area (Å²) in [5, 5.41) is 0. The SMILES string of the molecule is COc1ccc(CN2C=CC(Br)N(C)C2=O)cc1. The van der Waals surface area contributed by atoms with Gasteiger partial charge in [-0.1, -0.05) is 28.1 Å². The van der Waals surface area contributed by atoms with E-state index in [4.69, 9.17) is 4.74 Å². The molecule has 0 aliphatic carbocycles. The third-order valence-corrected chi connectivity index (χ3v) is 3.77. The largest absolute Gasteiger partial charge is 0.497 e. The molecule has 18 heavy (non-hydrogen) atoms. The van der Waals surface area contributed by atoms with Crippen molar-refractivity contribution in [3.05, 3.63) is 42.1 Å². The second-order valence-corrected chi connectivity index (χ2v) is 5.02. The lowest BCUT2D eigenvalue weighted by Crippen LogP contribution is -2.44. The maximum atomic E-state index is 12.0. The van der Waals surface area contributed by atoms with Crippen LogP contribution >= 0.6 is 15.9 Å². The molecule has 1 atom stereocenters. The summed E-state index contributed by atoms with van der Waals surface area (Å²) in [5.41, 5.74) is 1.07. The minimum Gasteiger partial charge on any atom is -0.497 e. The van der Waals surface area contributed by atoms with Crippen LogP contribution < -0.4 is 4.74 Å². The Bertz CT molecular complexity index is 459. The molecule has 1 aromatic carbocycles. The number of carbonyl (C=O) groups excluding carboxylic acids is 1. The highest BCUT2D eigenvalue weighted by atomic mass is 79.9. The van der Waals surface area contributed by atoms with Gasteiger partial charge in [-0.3, -0.25) is 4.90 Å². The summed E-state index contributed by atoms with van der Waals surface area (Å²) >= 11 is 3.40. The van der Waals surface area contributed by atoms with Gasteiger partial charge in [0.05, 0.1) is 13.7 Å². The zero-order valence-corrected chi connectivity index (χ0v) is 11.9. The van der Waals surface area contributed by atoms with Gasteiger partial charge in [-0.05, 0) is 23.8 Å². The monoisotopic (exact) mass is 310 g/mol. The number of halogens is 1. The molecule has 5 heteroatoms. The number of urea groups is 1. The molecule has 1 heterocycles. The molecule has 0 saturated carbocycles. The first kappa shape index (κ1) is 13.0. The molecule has 1 aliphatic heterocycles. The number of methoxy groups -OCH3 is 1. The zero-order chi connectivity index (χ0) is 13.1. The number of nitrogens with zero attached hydrogens (tertiary/aromatic N) is 2. The van der Waals surface area contributed by atoms with Crippen LogP contribution in [0.2, 0.25) is 0 Å². The van der Waals surface area contributed by atoms with Crippen molar-refractivity contribution in [1.82, 2.24) is 9.80 Å². The van der Waals surface area contributed by atoms with E-state index in [-0.39, 0.29) is 11.0 Å². The first-order valence-corrected chi connectivity index (χ1v) is 6.52. The molecule has 1 unspecified atom stereocenters. The van der Waals surface area contributed by atoms with E-state index in [0.717, 1.165) is 11.3 Å². The fraction of sp³-hybridized carbons (Fsp3) is 0.308. The Morgan fingerprint density at radius 2 is 2.00 bits per heavy atom. The molecule has 0 bridgehead atoms. The Morgan fingerprint density at radius 3 is 2.61 bits per heavy atom. The van der Waals surface area contributed by atoms with Crippen molar-refractivity contribution in [1.29, 1.82) is 0 Å². The second kappa shape index (κ2) is 5.44. The van der Waals surface area contributed by atoms with Crippen molar-refractivity contribution in [2.45, 2.75) is 11.5 Å². The summed E-state index contributed by atoms with van der Waals surface area (Å²) in [6, 6.07) is 7.69. The van der Waals surface area contributed by atoms with E-state index in [1.807, 2.05) is 36.5 Å². The molecule has 2 amide bonds. The van der Waals surface area contributed by atoms with Gasteiger partial charge in [0.25, 0.3) is 0 Å². The lowest BCUT2D eigenvalue weighted by Gasteiger charge is -2.32. The van der Waals surface area contributed by atoms with Crippen molar-refractivity contribution in [2.24, 2.45) is 0 Å². The summed E-state index contributed by atoms with van der Waals surface area (Å²) in [7, 11) is 3.41. The average molecular weight is 311 g/mol. The number of ether oxygens (including phenoxy) is 1. The summed E-state index contributed by atoms with van der Waals surface area (Å²) in [6.07, 6.45) is 3.75. The third kappa shape index (κ3) is 2.67. The molecule has 0 saturated heterocycles. The Hall–Kier alpha value is -1.49. The molecule has 4 nitrogen and oxygen atoms in total. The number of hydrogen-bond donors (Lipinski definition) is 0. The van der Waals surface area contributed by atoms with Crippen molar-refractivity contribution in [2.75, 3.05) is 14.2 Å². The standard InChI is InChI=1S/C13H15BrN2O2/c1-15-12(14)7-8-16(13(15)17)9-10-3-5-11(18-2)6-4-10/h3-8,12H,9H2,1-2H3. The first-order chi connectivity index (χ1) is 8.61. The zero-order valence-electron chi connectivity index (χ0n) is 10.3. The van der Waals surface area contributed by atoms with E-state index in [1.54, 1.807) is 24.0 Å². The molecule has 0 aromatic heterocycles. The predicted octanol–water partition coefficient (Wildman–Crippen LogP) is 2.80. The Labute approximate surface area is 115 Å². The summed E-state index contributed by atoms with van der Waals surface area (Å²) in [6.45, 7) is 0.559. The molecule has 1 aromatic rings. The van der Waals surface area contributed by atoms with Crippen LogP contribution in [0.4, 0.5) is 4.79 Å². The lowest BCUT2D eigenvalue weighted by atomic mass is 10.2. The molecule has 1 aliphatic rings. The van der Waals surface area contributed by atoms with Crippen LogP contribution in [0.25, 0.3) is 0 Å². The number of alkyl halides is 1. The molecular formula is C13H15BrN2O2. The van der Waals surface area contributed by atoms with E-state index >= 15 is 0 Å². The number of carbonyl (C=O) groups is 1. The molecule has 2 rings (SSSR count). The van der Waals surface area contributed by atoms with Gasteiger partial charge in [-0.25, -0.2) is 4.79 Å². The number of benzene rings is 1. The van der Waals surface area contributed by atoms with Crippen molar-refractivity contribution < 1.29 is 9.53 Å². The lowest BCUT2D eigenvalue weighted by molar-refractivity contribution is 0.174. The fourth-order valence-electron chi connectivity index (χ4n) is 1.72. The van der Waals surface area contributed by atoms with Gasteiger partial charge in [0.15, 0.2) is 0 Å². The molecule has 0 N–H and O–H groups in total. The normalized spacial score (nSPS) is 19.3. The Morgan fingerprint density at radius 1 is 1.33 bits per heavy atom. The van der Waals surface area contributed by atoms with Gasteiger partial charge < -0.3 is 9.64 Å². The van der Waals surface area contributed by atoms with Crippen LogP contribution in [0.5, 0.6) is 5.75 Å². The van der Waals surface area contributed by atoms with E-state index < -0.39 is 0 Å². The third-order valence-electron chi connectivity index (χ3n) is 2.85. The average Bonchev–Trinajstić information content (AvgIpc) is 2.40. The van der Waals surface area contributed by atoms with Crippen LogP contribution in [-0.4, -0.2) is 34.9 Å². The number of likely N-dealkylation sites (N-methyl/N-ethyl adjacent to an activating group) is 1. The minimum atomic E-state index is -0.0304. The van der Waals surface area contributed by atoms with Crippen molar-refractivity contribution in [3.8, 4) is 5.75 Å². The maximum absolute atomic E-state index is 12.0. The fourth-order valence-corrected chi connectivity index (χ4v) is 2.04. The highest BCUT2D eigenvalue weighted by Crippen LogP contribution is 2.19. The minimum absolute atomic E-state index is 0.0183. The molecule has 0 fully saturated rings. The Balaban J connectivity index is 2.09. The number of rotatable bonds is 3. The molecular weight excluding hydrogens is 296 g/mol. The molecule has 0 radical (unpaired) electrons. The van der Waals surface area contributed by atoms with E-state index in [2.05, 4.69) is 15.9 Å². The van der Waals surface area contributed by atoms with Crippen LogP contribution in [0.1, 0.15) is 5.56 Å². The van der Waals surface area contributed by atoms with Gasteiger partial charge >= 0.3 is 6.03 Å². The quantitative estimate of drug-likeness (QED) is 0.635. The van der Waals surface area contributed by atoms with E-state index in [1.165, 1.54) is 0 Å². The van der Waals surface area contributed by atoms with Gasteiger partial charge in [0, 0.05) is 13.2 Å². The topological polar surface area (TPSA) is 32.8 Å². The maximum Gasteiger partial charge on any atom is 0.325 e. The van der Waals surface area contributed by atoms with Crippen molar-refractivity contribution >= 4 is 22.0 Å². The van der Waals surface area contributed by atoms with Gasteiger partial charge in [-0.2, -0.15) is 0 Å². The summed E-state index contributed by atoms with van der Waals surface area (Å²) in [4.78, 5) is 15.3. The number of amides is 2. The highest BCUT2D eigenvalue weighted by Gasteiger charge is 2.24. The van der Waals surface area contributed by atoms with Gasteiger partial charge in [-0.15, -0.1) is 0 Å². The summed E-state index contributed by atoms with van der Waals surface area (Å²) in [5.74, 6) is 0.817. The molecule has 96 valence electrons. The first-order valence-electron chi connectivity index (χ1n) is 5.60. The van der Waals surface area contributed by atoms with Crippen LogP contribution in [0, 0.1) is 0 Å². The smallest absolute Gasteiger partial charge is 0.325 e. The predicted molar refractivity (Wildman–Crippen MR) is 73.6 cm³/mol. The Kier molecular flexibility index (Phi) is 3.91. The van der Waals surface area contributed by atoms with Gasteiger partial charge in [0.2, 0.25) is 0 Å². The van der Waals surface area contributed by atoms with E-state index in [9.17, 15) is 4.79 Å². The van der Waals surface area contributed by atoms with Gasteiger partial charge in [0.1, 0.15) is 10.7 Å². The number of hydrogen-bond acceptors (Lipinski definition) is 2. The van der Waals surface area contributed by atoms with Crippen molar-refractivity contribution in [3.63, 3.8) is 0 Å². The molecule has 0 spiro atoms. The van der Waals surface area contributed by atoms with Crippen LogP contribution in [0.15, 0.2) is 36.5 Å².